The average molecular weight is 338 g/mol. The predicted molar refractivity (Wildman–Crippen MR) is 99.6 cm³/mol. The van der Waals surface area contributed by atoms with Gasteiger partial charge in [-0.25, -0.2) is 0 Å². The number of aromatic nitrogens is 2. The first kappa shape index (κ1) is 17.4. The van der Waals surface area contributed by atoms with E-state index in [1.54, 1.807) is 6.07 Å². The van der Waals surface area contributed by atoms with E-state index in [2.05, 4.69) is 33.0 Å². The smallest absolute Gasteiger partial charge is 0.271 e. The zero-order chi connectivity index (χ0) is 17.3. The lowest BCUT2D eigenvalue weighted by atomic mass is 10.1. The second kappa shape index (κ2) is 9.16. The predicted octanol–water partition coefficient (Wildman–Crippen LogP) is 3.58. The molecule has 1 aromatic heterocycles. The van der Waals surface area contributed by atoms with Gasteiger partial charge in [-0.05, 0) is 37.0 Å². The summed E-state index contributed by atoms with van der Waals surface area (Å²) >= 11 is 0. The molecule has 5 nitrogen and oxygen atoms in total. The van der Waals surface area contributed by atoms with Gasteiger partial charge < -0.3 is 10.6 Å². The number of anilines is 1. The van der Waals surface area contributed by atoms with Crippen LogP contribution in [0.25, 0.3) is 0 Å². The summed E-state index contributed by atoms with van der Waals surface area (Å²) in [4.78, 5) is 12.1. The Labute approximate surface area is 149 Å². The number of carbonyl (C=O) groups is 1. The lowest BCUT2D eigenvalue weighted by Gasteiger charge is -2.16. The molecule has 1 aliphatic carbocycles. The van der Waals surface area contributed by atoms with Gasteiger partial charge in [-0.1, -0.05) is 56.0 Å². The third kappa shape index (κ3) is 5.55. The Morgan fingerprint density at radius 1 is 0.960 bits per heavy atom. The summed E-state index contributed by atoms with van der Waals surface area (Å²) in [6.07, 6.45) is 8.37. The molecule has 1 aliphatic rings. The van der Waals surface area contributed by atoms with E-state index in [9.17, 15) is 4.79 Å². The Bertz CT molecular complexity index is 649. The summed E-state index contributed by atoms with van der Waals surface area (Å²) in [5.74, 6) is 0.581. The highest BCUT2D eigenvalue weighted by Crippen LogP contribution is 2.20. The monoisotopic (exact) mass is 338 g/mol. The summed E-state index contributed by atoms with van der Waals surface area (Å²) in [7, 11) is 0. The molecule has 1 amide bonds. The molecule has 0 radical (unpaired) electrons. The van der Waals surface area contributed by atoms with E-state index in [0.717, 1.165) is 12.2 Å². The molecular weight excluding hydrogens is 312 g/mol. The fraction of sp³-hybridized carbons (Fsp3) is 0.450. The number of hydrogen-bond acceptors (Lipinski definition) is 4. The van der Waals surface area contributed by atoms with Gasteiger partial charge in [0, 0.05) is 12.6 Å². The number of hydrogen-bond donors (Lipinski definition) is 2. The number of rotatable bonds is 6. The largest absolute Gasteiger partial charge is 0.366 e. The van der Waals surface area contributed by atoms with Gasteiger partial charge in [-0.15, -0.1) is 10.2 Å². The molecule has 0 aliphatic heterocycles. The maximum atomic E-state index is 12.1. The van der Waals surface area contributed by atoms with E-state index in [4.69, 9.17) is 0 Å². The Morgan fingerprint density at radius 2 is 1.72 bits per heavy atom. The van der Waals surface area contributed by atoms with Crippen LogP contribution in [0.5, 0.6) is 0 Å². The van der Waals surface area contributed by atoms with Crippen LogP contribution in [0.4, 0.5) is 5.82 Å². The number of benzene rings is 1. The van der Waals surface area contributed by atoms with Gasteiger partial charge in [-0.2, -0.15) is 0 Å². The maximum Gasteiger partial charge on any atom is 0.271 e. The van der Waals surface area contributed by atoms with Crippen LogP contribution in [0, 0.1) is 0 Å². The summed E-state index contributed by atoms with van der Waals surface area (Å²) in [5.41, 5.74) is 1.57. The summed E-state index contributed by atoms with van der Waals surface area (Å²) < 4.78 is 0. The van der Waals surface area contributed by atoms with Crippen LogP contribution in [-0.4, -0.2) is 28.7 Å². The topological polar surface area (TPSA) is 66.9 Å². The molecule has 1 fully saturated rings. The number of carbonyl (C=O) groups excluding carboxylic acids is 1. The quantitative estimate of drug-likeness (QED) is 0.790. The molecule has 132 valence electrons. The van der Waals surface area contributed by atoms with Crippen molar-refractivity contribution in [1.82, 2.24) is 15.5 Å². The Morgan fingerprint density at radius 3 is 2.40 bits per heavy atom. The van der Waals surface area contributed by atoms with Crippen LogP contribution in [0.1, 0.15) is 54.6 Å². The van der Waals surface area contributed by atoms with Crippen molar-refractivity contribution in [3.8, 4) is 0 Å². The highest BCUT2D eigenvalue weighted by Gasteiger charge is 2.13. The lowest BCUT2D eigenvalue weighted by Crippen LogP contribution is -2.27. The normalized spacial score (nSPS) is 15.4. The van der Waals surface area contributed by atoms with Crippen LogP contribution in [-0.2, 0) is 6.42 Å². The number of nitrogens with one attached hydrogen (secondary N) is 2. The third-order valence-electron chi connectivity index (χ3n) is 4.65. The molecule has 1 aromatic carbocycles. The van der Waals surface area contributed by atoms with Crippen LogP contribution >= 0.6 is 0 Å². The van der Waals surface area contributed by atoms with E-state index in [1.165, 1.54) is 44.1 Å². The molecule has 0 saturated heterocycles. The Kier molecular flexibility index (Phi) is 6.37. The van der Waals surface area contributed by atoms with E-state index in [0.29, 0.717) is 18.3 Å². The Balaban J connectivity index is 1.46. The van der Waals surface area contributed by atoms with Gasteiger partial charge in [0.25, 0.3) is 5.91 Å². The zero-order valence-electron chi connectivity index (χ0n) is 14.6. The zero-order valence-corrected chi connectivity index (χ0v) is 14.6. The summed E-state index contributed by atoms with van der Waals surface area (Å²) in [6.45, 7) is 0.590. The van der Waals surface area contributed by atoms with Gasteiger partial charge in [0.2, 0.25) is 0 Å². The lowest BCUT2D eigenvalue weighted by molar-refractivity contribution is 0.0948. The molecule has 25 heavy (non-hydrogen) atoms. The van der Waals surface area contributed by atoms with Crippen molar-refractivity contribution in [2.45, 2.75) is 51.0 Å². The molecule has 0 bridgehead atoms. The van der Waals surface area contributed by atoms with Crippen LogP contribution in [0.3, 0.4) is 0 Å². The van der Waals surface area contributed by atoms with Gasteiger partial charge in [-0.3, -0.25) is 4.79 Å². The molecule has 5 heteroatoms. The van der Waals surface area contributed by atoms with E-state index >= 15 is 0 Å². The van der Waals surface area contributed by atoms with Crippen molar-refractivity contribution in [3.63, 3.8) is 0 Å². The molecule has 0 spiro atoms. The van der Waals surface area contributed by atoms with E-state index in [-0.39, 0.29) is 5.91 Å². The van der Waals surface area contributed by atoms with Gasteiger partial charge in [0.15, 0.2) is 5.69 Å². The molecule has 2 aromatic rings. The second-order valence-electron chi connectivity index (χ2n) is 6.63. The molecule has 3 rings (SSSR count). The van der Waals surface area contributed by atoms with Crippen molar-refractivity contribution >= 4 is 11.7 Å². The Hall–Kier alpha value is -2.43. The second-order valence-corrected chi connectivity index (χ2v) is 6.63. The molecular formula is C20H26N4O. The minimum Gasteiger partial charge on any atom is -0.366 e. The first-order valence-electron chi connectivity index (χ1n) is 9.23. The van der Waals surface area contributed by atoms with E-state index < -0.39 is 0 Å². The van der Waals surface area contributed by atoms with Crippen molar-refractivity contribution < 1.29 is 4.79 Å². The van der Waals surface area contributed by atoms with Gasteiger partial charge in [0.05, 0.1) is 0 Å². The van der Waals surface area contributed by atoms with Crippen molar-refractivity contribution in [2.24, 2.45) is 0 Å². The van der Waals surface area contributed by atoms with Gasteiger partial charge in [0.1, 0.15) is 5.82 Å². The number of nitrogens with zero attached hydrogens (tertiary/aromatic N) is 2. The first-order chi connectivity index (χ1) is 12.3. The summed E-state index contributed by atoms with van der Waals surface area (Å²) in [5, 5.41) is 14.6. The minimum absolute atomic E-state index is 0.176. The molecule has 1 heterocycles. The van der Waals surface area contributed by atoms with Crippen LogP contribution in [0.2, 0.25) is 0 Å². The first-order valence-corrected chi connectivity index (χ1v) is 9.23. The van der Waals surface area contributed by atoms with Crippen molar-refractivity contribution in [3.05, 3.63) is 53.7 Å². The molecule has 0 atom stereocenters. The standard InChI is InChI=1S/C20H26N4O/c25-20(21-15-14-16-8-4-3-5-9-16)18-12-13-19(24-23-18)22-17-10-6-1-2-7-11-17/h3-5,8-9,12-13,17H,1-2,6-7,10-11,14-15H2,(H,21,25)(H,22,24). The number of amides is 1. The fourth-order valence-corrected chi connectivity index (χ4v) is 3.22. The third-order valence-corrected chi connectivity index (χ3v) is 4.65. The van der Waals surface area contributed by atoms with Gasteiger partial charge >= 0.3 is 0 Å². The van der Waals surface area contributed by atoms with Crippen LogP contribution < -0.4 is 10.6 Å². The fourth-order valence-electron chi connectivity index (χ4n) is 3.22. The molecule has 1 saturated carbocycles. The summed E-state index contributed by atoms with van der Waals surface area (Å²) in [6, 6.07) is 14.2. The molecule has 0 unspecified atom stereocenters. The van der Waals surface area contributed by atoms with Crippen LogP contribution in [0.15, 0.2) is 42.5 Å². The highest BCUT2D eigenvalue weighted by molar-refractivity contribution is 5.92. The average Bonchev–Trinajstić information content (AvgIpc) is 2.92. The van der Waals surface area contributed by atoms with Crippen molar-refractivity contribution in [1.29, 1.82) is 0 Å². The minimum atomic E-state index is -0.176. The van der Waals surface area contributed by atoms with E-state index in [1.807, 2.05) is 24.3 Å². The molecule has 2 N–H and O–H groups in total. The van der Waals surface area contributed by atoms with Crippen molar-refractivity contribution in [2.75, 3.05) is 11.9 Å². The maximum absolute atomic E-state index is 12.1. The highest BCUT2D eigenvalue weighted by atomic mass is 16.1. The SMILES string of the molecule is O=C(NCCc1ccccc1)c1ccc(NC2CCCCCC2)nn1.